The Hall–Kier alpha value is -0.110. The lowest BCUT2D eigenvalue weighted by molar-refractivity contribution is 0.327. The molecule has 1 aromatic carbocycles. The summed E-state index contributed by atoms with van der Waals surface area (Å²) in [5.41, 5.74) is 6.21. The first-order valence-electron chi connectivity index (χ1n) is 6.56. The number of benzene rings is 1. The van der Waals surface area contributed by atoms with Crippen molar-refractivity contribution >= 4 is 47.6 Å². The van der Waals surface area contributed by atoms with Gasteiger partial charge in [0.2, 0.25) is 10.0 Å². The molecule has 2 atom stereocenters. The van der Waals surface area contributed by atoms with E-state index in [-0.39, 0.29) is 10.9 Å². The lowest BCUT2D eigenvalue weighted by Gasteiger charge is -2.27. The molecule has 1 aliphatic carbocycles. The fourth-order valence-corrected chi connectivity index (χ4v) is 6.56. The molecule has 2 rings (SSSR count). The van der Waals surface area contributed by atoms with Crippen LogP contribution in [0, 0.1) is 5.92 Å². The van der Waals surface area contributed by atoms with E-state index in [1.54, 1.807) is 12.1 Å². The molecule has 0 bridgehead atoms. The van der Waals surface area contributed by atoms with Crippen LogP contribution in [-0.4, -0.2) is 14.5 Å². The van der Waals surface area contributed by atoms with Gasteiger partial charge in [0, 0.05) is 20.7 Å². The van der Waals surface area contributed by atoms with Crippen LogP contribution in [0.5, 0.6) is 0 Å². The lowest BCUT2D eigenvalue weighted by Crippen LogP contribution is -2.38. The van der Waals surface area contributed by atoms with E-state index in [1.165, 1.54) is 6.42 Å². The van der Waals surface area contributed by atoms with E-state index in [2.05, 4.69) is 43.5 Å². The van der Waals surface area contributed by atoms with Crippen LogP contribution in [0.25, 0.3) is 0 Å². The second-order valence-corrected chi connectivity index (χ2v) is 8.76. The Kier molecular flexibility index (Phi) is 5.15. The zero-order valence-corrected chi connectivity index (χ0v) is 15.2. The van der Waals surface area contributed by atoms with Gasteiger partial charge in [0.25, 0.3) is 0 Å². The molecule has 0 radical (unpaired) electrons. The zero-order valence-electron chi connectivity index (χ0n) is 11.2. The molecule has 3 N–H and O–H groups in total. The third-order valence-electron chi connectivity index (χ3n) is 3.55. The molecule has 1 fully saturated rings. The van der Waals surface area contributed by atoms with Crippen LogP contribution >= 0.6 is 31.9 Å². The molecular weight excluding hydrogens is 408 g/mol. The minimum Gasteiger partial charge on any atom is -0.399 e. The number of halogens is 2. The highest BCUT2D eigenvalue weighted by Gasteiger charge is 2.27. The van der Waals surface area contributed by atoms with Crippen molar-refractivity contribution in [1.29, 1.82) is 0 Å². The molecule has 0 saturated heterocycles. The highest BCUT2D eigenvalue weighted by atomic mass is 79.9. The van der Waals surface area contributed by atoms with Crippen LogP contribution < -0.4 is 10.5 Å². The summed E-state index contributed by atoms with van der Waals surface area (Å²) in [7, 11) is -3.56. The molecule has 1 aromatic rings. The Bertz CT molecular complexity index is 581. The number of anilines is 1. The summed E-state index contributed by atoms with van der Waals surface area (Å²) in [4.78, 5) is 0.213. The number of nitrogens with one attached hydrogen (secondary N) is 1. The second-order valence-electron chi connectivity index (χ2n) is 5.40. The van der Waals surface area contributed by atoms with E-state index < -0.39 is 10.0 Å². The number of hydrogen-bond acceptors (Lipinski definition) is 3. The SMILES string of the molecule is CC1CCCC(NS(=O)(=O)c2c(Br)cc(N)cc2Br)C1. The molecule has 0 heterocycles. The highest BCUT2D eigenvalue weighted by molar-refractivity contribution is 9.11. The van der Waals surface area contributed by atoms with Gasteiger partial charge in [0.1, 0.15) is 4.90 Å². The number of hydrogen-bond donors (Lipinski definition) is 2. The highest BCUT2D eigenvalue weighted by Crippen LogP contribution is 2.33. The van der Waals surface area contributed by atoms with Crippen molar-refractivity contribution < 1.29 is 8.42 Å². The van der Waals surface area contributed by atoms with E-state index in [0.717, 1.165) is 19.3 Å². The van der Waals surface area contributed by atoms with Gasteiger partial charge in [-0.3, -0.25) is 0 Å². The maximum absolute atomic E-state index is 12.5. The number of sulfonamides is 1. The summed E-state index contributed by atoms with van der Waals surface area (Å²) >= 11 is 6.56. The van der Waals surface area contributed by atoms with Gasteiger partial charge in [-0.15, -0.1) is 0 Å². The van der Waals surface area contributed by atoms with Crippen LogP contribution in [0.4, 0.5) is 5.69 Å². The van der Waals surface area contributed by atoms with Crippen molar-refractivity contribution in [3.8, 4) is 0 Å². The molecule has 1 aliphatic rings. The molecule has 1 saturated carbocycles. The molecule has 0 amide bonds. The summed E-state index contributed by atoms with van der Waals surface area (Å²) < 4.78 is 28.9. The topological polar surface area (TPSA) is 72.2 Å². The quantitative estimate of drug-likeness (QED) is 0.726. The first-order valence-corrected chi connectivity index (χ1v) is 9.63. The lowest BCUT2D eigenvalue weighted by atomic mass is 9.88. The van der Waals surface area contributed by atoms with E-state index in [4.69, 9.17) is 5.73 Å². The molecular formula is C13H18Br2N2O2S. The standard InChI is InChI=1S/C13H18Br2N2O2S/c1-8-3-2-4-10(5-8)17-20(18,19)13-11(14)6-9(16)7-12(13)15/h6-8,10,17H,2-5,16H2,1H3. The molecule has 112 valence electrons. The van der Waals surface area contributed by atoms with E-state index >= 15 is 0 Å². The second kappa shape index (κ2) is 6.34. The Morgan fingerprint density at radius 1 is 1.25 bits per heavy atom. The molecule has 0 spiro atoms. The van der Waals surface area contributed by atoms with Crippen molar-refractivity contribution in [3.63, 3.8) is 0 Å². The average molecular weight is 426 g/mol. The Morgan fingerprint density at radius 3 is 2.40 bits per heavy atom. The van der Waals surface area contributed by atoms with Gasteiger partial charge >= 0.3 is 0 Å². The van der Waals surface area contributed by atoms with Crippen LogP contribution in [0.3, 0.4) is 0 Å². The number of nitrogen functional groups attached to an aromatic ring is 1. The molecule has 7 heteroatoms. The third-order valence-corrected chi connectivity index (χ3v) is 6.94. The first kappa shape index (κ1) is 16.3. The van der Waals surface area contributed by atoms with Crippen molar-refractivity contribution in [2.75, 3.05) is 5.73 Å². The fraction of sp³-hybridized carbons (Fsp3) is 0.538. The van der Waals surface area contributed by atoms with Gasteiger partial charge in [0.15, 0.2) is 0 Å². The smallest absolute Gasteiger partial charge is 0.243 e. The summed E-state index contributed by atoms with van der Waals surface area (Å²) in [5, 5.41) is 0. The zero-order chi connectivity index (χ0) is 14.9. The van der Waals surface area contributed by atoms with Gasteiger partial charge in [0.05, 0.1) is 0 Å². The van der Waals surface area contributed by atoms with Gasteiger partial charge in [-0.1, -0.05) is 19.8 Å². The van der Waals surface area contributed by atoms with E-state index in [1.807, 2.05) is 0 Å². The minimum atomic E-state index is -3.56. The number of rotatable bonds is 3. The maximum Gasteiger partial charge on any atom is 0.243 e. The van der Waals surface area contributed by atoms with E-state index in [9.17, 15) is 8.42 Å². The summed E-state index contributed by atoms with van der Waals surface area (Å²) in [6.07, 6.45) is 4.03. The van der Waals surface area contributed by atoms with Crippen molar-refractivity contribution in [2.24, 2.45) is 5.92 Å². The largest absolute Gasteiger partial charge is 0.399 e. The van der Waals surface area contributed by atoms with Gasteiger partial charge in [-0.25, -0.2) is 13.1 Å². The van der Waals surface area contributed by atoms with Crippen LogP contribution in [0.15, 0.2) is 26.0 Å². The predicted molar refractivity (Wildman–Crippen MR) is 88.0 cm³/mol. The van der Waals surface area contributed by atoms with Crippen LogP contribution in [-0.2, 0) is 10.0 Å². The average Bonchev–Trinajstić information content (AvgIpc) is 2.25. The fourth-order valence-electron chi connectivity index (χ4n) is 2.66. The van der Waals surface area contributed by atoms with Gasteiger partial charge < -0.3 is 5.73 Å². The van der Waals surface area contributed by atoms with Crippen molar-refractivity contribution in [1.82, 2.24) is 4.72 Å². The molecule has 0 aliphatic heterocycles. The van der Waals surface area contributed by atoms with Crippen molar-refractivity contribution in [2.45, 2.75) is 43.5 Å². The Morgan fingerprint density at radius 2 is 1.85 bits per heavy atom. The molecule has 2 unspecified atom stereocenters. The van der Waals surface area contributed by atoms with Crippen molar-refractivity contribution in [3.05, 3.63) is 21.1 Å². The molecule has 0 aromatic heterocycles. The minimum absolute atomic E-state index is 0.0140. The first-order chi connectivity index (χ1) is 9.29. The monoisotopic (exact) mass is 424 g/mol. The number of nitrogens with two attached hydrogens (primary N) is 1. The van der Waals surface area contributed by atoms with Gasteiger partial charge in [-0.2, -0.15) is 0 Å². The summed E-state index contributed by atoms with van der Waals surface area (Å²) in [6, 6.07) is 3.21. The van der Waals surface area contributed by atoms with E-state index in [0.29, 0.717) is 20.6 Å². The van der Waals surface area contributed by atoms with Gasteiger partial charge in [-0.05, 0) is 62.8 Å². The summed E-state index contributed by atoms with van der Waals surface area (Å²) in [6.45, 7) is 2.16. The van der Waals surface area contributed by atoms with Crippen LogP contribution in [0.2, 0.25) is 0 Å². The Balaban J connectivity index is 2.27. The maximum atomic E-state index is 12.5. The third kappa shape index (κ3) is 3.75. The normalized spacial score (nSPS) is 23.8. The molecule has 4 nitrogen and oxygen atoms in total. The summed E-state index contributed by atoms with van der Waals surface area (Å²) in [5.74, 6) is 0.565. The Labute approximate surface area is 136 Å². The van der Waals surface area contributed by atoms with Crippen LogP contribution in [0.1, 0.15) is 32.6 Å². The molecule has 20 heavy (non-hydrogen) atoms. The predicted octanol–water partition coefficient (Wildman–Crippen LogP) is 3.65.